The molecule has 9 nitrogen and oxygen atoms in total. The lowest BCUT2D eigenvalue weighted by Gasteiger charge is -2.24. The van der Waals surface area contributed by atoms with Crippen molar-refractivity contribution in [2.75, 3.05) is 18.2 Å². The first-order valence-electron chi connectivity index (χ1n) is 10.1. The lowest BCUT2D eigenvalue weighted by molar-refractivity contribution is 0.0867. The van der Waals surface area contributed by atoms with E-state index in [2.05, 4.69) is 10.3 Å². The van der Waals surface area contributed by atoms with Crippen LogP contribution in [0.4, 0.5) is 10.5 Å². The molecule has 0 radical (unpaired) electrons. The number of carbonyl (C=O) groups is 1. The van der Waals surface area contributed by atoms with Crippen LogP contribution in [0.1, 0.15) is 24.0 Å². The number of sulfonamides is 1. The number of ether oxygens (including phenoxy) is 1. The van der Waals surface area contributed by atoms with Crippen molar-refractivity contribution < 1.29 is 27.6 Å². The van der Waals surface area contributed by atoms with Crippen LogP contribution in [0, 0.1) is 0 Å². The molecule has 1 unspecified atom stereocenters. The molecule has 1 saturated heterocycles. The van der Waals surface area contributed by atoms with Crippen molar-refractivity contribution >= 4 is 28.9 Å². The van der Waals surface area contributed by atoms with Gasteiger partial charge in [-0.15, -0.1) is 0 Å². The molecule has 164 valence electrons. The minimum absolute atomic E-state index is 0.204. The summed E-state index contributed by atoms with van der Waals surface area (Å²) in [5.41, 5.74) is 4.28. The van der Waals surface area contributed by atoms with Crippen molar-refractivity contribution in [1.82, 2.24) is 9.71 Å². The quantitative estimate of drug-likeness (QED) is 0.601. The third-order valence-corrected chi connectivity index (χ3v) is 5.90. The van der Waals surface area contributed by atoms with Crippen molar-refractivity contribution in [3.63, 3.8) is 0 Å². The van der Waals surface area contributed by atoms with E-state index < -0.39 is 23.2 Å². The monoisotopic (exact) mass is 445 g/mol. The van der Waals surface area contributed by atoms with Gasteiger partial charge in [0.1, 0.15) is 6.10 Å². The largest absolute Gasteiger partial charge is 0.472 e. The van der Waals surface area contributed by atoms with Crippen LogP contribution in [0.25, 0.3) is 11.1 Å². The molecular formula is C20H24BN3O6S. The van der Waals surface area contributed by atoms with Crippen molar-refractivity contribution in [3.8, 4) is 17.0 Å². The van der Waals surface area contributed by atoms with E-state index in [-0.39, 0.29) is 12.7 Å². The Morgan fingerprint density at radius 3 is 2.90 bits per heavy atom. The highest BCUT2D eigenvalue weighted by Gasteiger charge is 2.26. The van der Waals surface area contributed by atoms with Gasteiger partial charge in [0.25, 0.3) is 0 Å². The fraction of sp³-hybridized carbons (Fsp3) is 0.400. The van der Waals surface area contributed by atoms with Gasteiger partial charge >= 0.3 is 13.1 Å². The fourth-order valence-corrected chi connectivity index (χ4v) is 4.36. The molecule has 0 spiro atoms. The standard InChI is InChI=1S/C20H24BN3O6S/c1-31(27,28)24-20(25)23-19-16-4-2-3-13(16)5-6-17(19)14-8-10-22-18(11-14)30-15-7-9-21(26)29-12-15/h5-6,8,10-11,15,26H,2-4,7,9,12H2,1H3,(H2,23,24,25). The van der Waals surface area contributed by atoms with Gasteiger partial charge in [-0.1, -0.05) is 12.1 Å². The molecule has 0 saturated carbocycles. The molecule has 2 heterocycles. The summed E-state index contributed by atoms with van der Waals surface area (Å²) in [5, 5.41) is 12.2. The van der Waals surface area contributed by atoms with Gasteiger partial charge in [-0.2, -0.15) is 0 Å². The number of nitrogens with zero attached hydrogens (tertiary/aromatic N) is 1. The summed E-state index contributed by atoms with van der Waals surface area (Å²) in [7, 11) is -4.44. The van der Waals surface area contributed by atoms with E-state index in [0.29, 0.717) is 24.3 Å². The number of hydrogen-bond donors (Lipinski definition) is 3. The minimum Gasteiger partial charge on any atom is -0.472 e. The van der Waals surface area contributed by atoms with E-state index in [9.17, 15) is 18.2 Å². The van der Waals surface area contributed by atoms with Crippen LogP contribution in [0.15, 0.2) is 30.5 Å². The lowest BCUT2D eigenvalue weighted by Crippen LogP contribution is -2.35. The predicted molar refractivity (Wildman–Crippen MR) is 116 cm³/mol. The Kier molecular flexibility index (Phi) is 6.17. The van der Waals surface area contributed by atoms with Crippen LogP contribution in [0.5, 0.6) is 5.88 Å². The third kappa shape index (κ3) is 5.35. The Hall–Kier alpha value is -2.63. The van der Waals surface area contributed by atoms with Gasteiger partial charge in [0, 0.05) is 17.8 Å². The second kappa shape index (κ2) is 8.85. The van der Waals surface area contributed by atoms with Crippen molar-refractivity contribution in [2.45, 2.75) is 38.1 Å². The molecule has 1 aromatic carbocycles. The molecule has 1 aromatic heterocycles. The first kappa shape index (κ1) is 21.6. The predicted octanol–water partition coefficient (Wildman–Crippen LogP) is 1.97. The summed E-state index contributed by atoms with van der Waals surface area (Å²) >= 11 is 0. The molecule has 3 N–H and O–H groups in total. The zero-order valence-electron chi connectivity index (χ0n) is 17.1. The zero-order chi connectivity index (χ0) is 22.0. The number of aromatic nitrogens is 1. The van der Waals surface area contributed by atoms with Gasteiger partial charge in [-0.3, -0.25) is 0 Å². The van der Waals surface area contributed by atoms with Crippen LogP contribution in [0.3, 0.4) is 0 Å². The van der Waals surface area contributed by atoms with Gasteiger partial charge in [0.15, 0.2) is 0 Å². The van der Waals surface area contributed by atoms with Gasteiger partial charge in [0.2, 0.25) is 15.9 Å². The van der Waals surface area contributed by atoms with Gasteiger partial charge < -0.3 is 19.7 Å². The number of fused-ring (bicyclic) bond motifs is 1. The number of aryl methyl sites for hydroxylation is 1. The number of urea groups is 1. The number of carbonyl (C=O) groups excluding carboxylic acids is 1. The van der Waals surface area contributed by atoms with E-state index in [1.165, 1.54) is 0 Å². The van der Waals surface area contributed by atoms with Crippen LogP contribution in [-0.4, -0.2) is 50.5 Å². The number of amides is 2. The first-order chi connectivity index (χ1) is 14.8. The molecular weight excluding hydrogens is 421 g/mol. The molecule has 1 atom stereocenters. The van der Waals surface area contributed by atoms with Crippen molar-refractivity contribution in [2.24, 2.45) is 0 Å². The summed E-state index contributed by atoms with van der Waals surface area (Å²) in [5.74, 6) is 0.412. The molecule has 1 aliphatic heterocycles. The molecule has 4 rings (SSSR count). The fourth-order valence-electron chi connectivity index (χ4n) is 3.98. The normalized spacial score (nSPS) is 18.4. The number of nitrogens with one attached hydrogen (secondary N) is 2. The van der Waals surface area contributed by atoms with Crippen molar-refractivity contribution in [1.29, 1.82) is 0 Å². The highest BCUT2D eigenvalue weighted by atomic mass is 32.2. The van der Waals surface area contributed by atoms with Gasteiger partial charge in [-0.05, 0) is 54.8 Å². The Labute approximate surface area is 181 Å². The molecule has 11 heteroatoms. The summed E-state index contributed by atoms with van der Waals surface area (Å²) in [6.45, 7) is 0.282. The lowest BCUT2D eigenvalue weighted by atomic mass is 9.80. The molecule has 0 bridgehead atoms. The maximum Gasteiger partial charge on any atom is 0.454 e. The number of rotatable bonds is 5. The topological polar surface area (TPSA) is 127 Å². The summed E-state index contributed by atoms with van der Waals surface area (Å²) in [6, 6.07) is 6.74. The summed E-state index contributed by atoms with van der Waals surface area (Å²) in [6.07, 6.45) is 6.19. The van der Waals surface area contributed by atoms with E-state index >= 15 is 0 Å². The van der Waals surface area contributed by atoms with Gasteiger partial charge in [0.05, 0.1) is 18.6 Å². The highest BCUT2D eigenvalue weighted by Crippen LogP contribution is 2.38. The second-order valence-electron chi connectivity index (χ2n) is 7.80. The summed E-state index contributed by atoms with van der Waals surface area (Å²) in [4.78, 5) is 16.6. The molecule has 1 aliphatic carbocycles. The Morgan fingerprint density at radius 1 is 1.32 bits per heavy atom. The van der Waals surface area contributed by atoms with Crippen LogP contribution < -0.4 is 14.8 Å². The zero-order valence-corrected chi connectivity index (χ0v) is 17.9. The van der Waals surface area contributed by atoms with Crippen molar-refractivity contribution in [3.05, 3.63) is 41.6 Å². The maximum absolute atomic E-state index is 12.3. The minimum atomic E-state index is -3.68. The smallest absolute Gasteiger partial charge is 0.454 e. The SMILES string of the molecule is CS(=O)(=O)NC(=O)Nc1c(-c2ccnc(OC3CCB(O)OC3)c2)ccc2c1CCC2. The first-order valence-corrected chi connectivity index (χ1v) is 12.0. The Bertz CT molecular complexity index is 1090. The second-order valence-corrected chi connectivity index (χ2v) is 9.54. The number of benzene rings is 1. The molecule has 2 aliphatic rings. The van der Waals surface area contributed by atoms with E-state index in [4.69, 9.17) is 9.39 Å². The van der Waals surface area contributed by atoms with Crippen LogP contribution in [-0.2, 0) is 27.5 Å². The molecule has 2 amide bonds. The van der Waals surface area contributed by atoms with Crippen LogP contribution in [0.2, 0.25) is 6.32 Å². The number of hydrogen-bond acceptors (Lipinski definition) is 7. The average Bonchev–Trinajstić information content (AvgIpc) is 3.18. The Morgan fingerprint density at radius 2 is 2.16 bits per heavy atom. The number of anilines is 1. The van der Waals surface area contributed by atoms with Crippen LogP contribution >= 0.6 is 0 Å². The van der Waals surface area contributed by atoms with Gasteiger partial charge in [-0.25, -0.2) is 22.9 Å². The van der Waals surface area contributed by atoms with E-state index in [1.807, 2.05) is 22.9 Å². The molecule has 1 fully saturated rings. The average molecular weight is 445 g/mol. The van der Waals surface area contributed by atoms with E-state index in [1.54, 1.807) is 12.3 Å². The molecule has 31 heavy (non-hydrogen) atoms. The Balaban J connectivity index is 1.62. The maximum atomic E-state index is 12.3. The highest BCUT2D eigenvalue weighted by molar-refractivity contribution is 7.89. The van der Waals surface area contributed by atoms with E-state index in [0.717, 1.165) is 47.8 Å². The third-order valence-electron chi connectivity index (χ3n) is 5.34. The number of pyridine rings is 1. The molecule has 2 aromatic rings. The summed E-state index contributed by atoms with van der Waals surface area (Å²) < 4.78 is 36.0.